The zero-order valence-electron chi connectivity index (χ0n) is 17.6. The minimum atomic E-state index is -5.25. The van der Waals surface area contributed by atoms with Crippen molar-refractivity contribution in [1.29, 1.82) is 0 Å². The van der Waals surface area contributed by atoms with Crippen LogP contribution in [0.3, 0.4) is 0 Å². The van der Waals surface area contributed by atoms with E-state index in [0.717, 1.165) is 26.1 Å². The van der Waals surface area contributed by atoms with Gasteiger partial charge in [0.15, 0.2) is 5.96 Å². The first kappa shape index (κ1) is 27.7. The second kappa shape index (κ2) is 12.0. The first-order valence-corrected chi connectivity index (χ1v) is 11.4. The summed E-state index contributed by atoms with van der Waals surface area (Å²) in [7, 11) is -3.62. The Labute approximate surface area is 194 Å². The predicted octanol–water partition coefficient (Wildman–Crippen LogP) is 1.58. The van der Waals surface area contributed by atoms with Crippen LogP contribution in [0, 0.1) is 0 Å². The minimum Gasteiger partial charge on any atom is -0.373 e. The van der Waals surface area contributed by atoms with Crippen LogP contribution in [-0.4, -0.2) is 93.7 Å². The van der Waals surface area contributed by atoms with Gasteiger partial charge in [0.05, 0.1) is 12.2 Å². The van der Waals surface area contributed by atoms with Crippen LogP contribution in [0.1, 0.15) is 33.1 Å². The van der Waals surface area contributed by atoms with E-state index in [9.17, 15) is 21.6 Å². The molecule has 0 aliphatic carbocycles. The van der Waals surface area contributed by atoms with Gasteiger partial charge in [-0.3, -0.25) is 9.89 Å². The smallest absolute Gasteiger partial charge is 0.373 e. The lowest BCUT2D eigenvalue weighted by Crippen LogP contribution is -2.52. The summed E-state index contributed by atoms with van der Waals surface area (Å²) >= 11 is 0. The van der Waals surface area contributed by atoms with Gasteiger partial charge in [-0.05, 0) is 33.1 Å². The maximum Gasteiger partial charge on any atom is 0.511 e. The van der Waals surface area contributed by atoms with Crippen molar-refractivity contribution in [1.82, 2.24) is 19.8 Å². The number of aliphatic imine (C=N–C) groups is 1. The summed E-state index contributed by atoms with van der Waals surface area (Å²) in [6.45, 7) is 7.29. The molecule has 0 aromatic carbocycles. The van der Waals surface area contributed by atoms with E-state index in [1.807, 2.05) is 0 Å². The first-order valence-electron chi connectivity index (χ1n) is 9.94. The van der Waals surface area contributed by atoms with Crippen molar-refractivity contribution in [2.24, 2.45) is 4.99 Å². The van der Waals surface area contributed by atoms with Gasteiger partial charge < -0.3 is 15.4 Å². The molecular weight excluding hydrogens is 538 g/mol. The lowest BCUT2D eigenvalue weighted by atomic mass is 10.1. The summed E-state index contributed by atoms with van der Waals surface area (Å²) in [5.74, 6) is 0.575. The molecule has 178 valence electrons. The highest BCUT2D eigenvalue weighted by atomic mass is 127. The highest BCUT2D eigenvalue weighted by molar-refractivity contribution is 14.0. The fourth-order valence-electron chi connectivity index (χ4n) is 3.75. The number of hydrogen-bond donors (Lipinski definition) is 2. The largest absolute Gasteiger partial charge is 0.511 e. The summed E-state index contributed by atoms with van der Waals surface area (Å²) in [6, 6.07) is -0.123. The van der Waals surface area contributed by atoms with Gasteiger partial charge in [-0.25, -0.2) is 8.42 Å². The first-order chi connectivity index (χ1) is 13.5. The van der Waals surface area contributed by atoms with Crippen LogP contribution < -0.4 is 10.6 Å². The number of hydrogen-bond acceptors (Lipinski definition) is 5. The van der Waals surface area contributed by atoms with E-state index >= 15 is 0 Å². The second-order valence-corrected chi connectivity index (χ2v) is 9.57. The average molecular weight is 571 g/mol. The molecule has 0 radical (unpaired) electrons. The Balaban J connectivity index is 0.00000450. The molecule has 0 aromatic heterocycles. The lowest BCUT2D eigenvalue weighted by Gasteiger charge is -2.35. The van der Waals surface area contributed by atoms with Crippen LogP contribution in [0.25, 0.3) is 0 Å². The monoisotopic (exact) mass is 571 g/mol. The molecular formula is C17H33F3IN5O3S. The van der Waals surface area contributed by atoms with Gasteiger partial charge in [-0.1, -0.05) is 0 Å². The summed E-state index contributed by atoms with van der Waals surface area (Å²) in [6.07, 6.45) is 1.96. The van der Waals surface area contributed by atoms with Gasteiger partial charge in [-0.2, -0.15) is 17.5 Å². The van der Waals surface area contributed by atoms with Crippen LogP contribution in [0.5, 0.6) is 0 Å². The van der Waals surface area contributed by atoms with E-state index in [1.54, 1.807) is 7.05 Å². The van der Waals surface area contributed by atoms with Crippen LogP contribution in [0.15, 0.2) is 4.99 Å². The van der Waals surface area contributed by atoms with Crippen molar-refractivity contribution in [2.45, 2.75) is 56.9 Å². The number of guanidine groups is 1. The van der Waals surface area contributed by atoms with Crippen molar-refractivity contribution in [2.75, 3.05) is 46.3 Å². The Morgan fingerprint density at radius 2 is 1.73 bits per heavy atom. The van der Waals surface area contributed by atoms with Gasteiger partial charge in [0.25, 0.3) is 0 Å². The van der Waals surface area contributed by atoms with Crippen molar-refractivity contribution in [3.8, 4) is 0 Å². The average Bonchev–Trinajstić information content (AvgIpc) is 2.63. The number of alkyl halides is 3. The second-order valence-electron chi connectivity index (χ2n) is 7.64. The molecule has 2 aliphatic rings. The van der Waals surface area contributed by atoms with Gasteiger partial charge in [0, 0.05) is 52.4 Å². The van der Waals surface area contributed by atoms with Crippen LogP contribution in [0.2, 0.25) is 0 Å². The molecule has 2 heterocycles. The minimum absolute atomic E-state index is 0. The summed E-state index contributed by atoms with van der Waals surface area (Å²) in [5, 5.41) is 6.39. The summed E-state index contributed by atoms with van der Waals surface area (Å²) < 4.78 is 67.1. The Kier molecular flexibility index (Phi) is 11.1. The maximum absolute atomic E-state index is 12.6. The normalized spacial score (nSPS) is 25.6. The summed E-state index contributed by atoms with van der Waals surface area (Å²) in [4.78, 5) is 6.52. The molecule has 2 atom stereocenters. The third-order valence-corrected chi connectivity index (χ3v) is 6.72. The lowest BCUT2D eigenvalue weighted by molar-refractivity contribution is -0.0679. The molecule has 13 heteroatoms. The number of halogens is 4. The van der Waals surface area contributed by atoms with E-state index in [0.29, 0.717) is 29.7 Å². The Bertz CT molecular complexity index is 648. The zero-order valence-corrected chi connectivity index (χ0v) is 20.8. The molecule has 8 nitrogen and oxygen atoms in total. The van der Waals surface area contributed by atoms with Gasteiger partial charge >= 0.3 is 15.5 Å². The highest BCUT2D eigenvalue weighted by Crippen LogP contribution is 2.28. The fourth-order valence-corrected chi connectivity index (χ4v) is 4.74. The Hall–Kier alpha value is -0.380. The molecule has 2 saturated heterocycles. The molecule has 2 rings (SSSR count). The van der Waals surface area contributed by atoms with Crippen molar-refractivity contribution in [3.63, 3.8) is 0 Å². The van der Waals surface area contributed by atoms with Crippen LogP contribution in [0.4, 0.5) is 13.2 Å². The number of piperidine rings is 1. The molecule has 2 fully saturated rings. The molecule has 2 aliphatic heterocycles. The molecule has 0 bridgehead atoms. The van der Waals surface area contributed by atoms with Gasteiger partial charge in [-0.15, -0.1) is 24.0 Å². The van der Waals surface area contributed by atoms with Crippen molar-refractivity contribution >= 4 is 40.0 Å². The number of rotatable bonds is 6. The number of nitrogens with zero attached hydrogens (tertiary/aromatic N) is 3. The number of morpholine rings is 1. The van der Waals surface area contributed by atoms with Crippen LogP contribution in [-0.2, 0) is 14.8 Å². The summed E-state index contributed by atoms with van der Waals surface area (Å²) in [5.41, 5.74) is -5.25. The van der Waals surface area contributed by atoms with E-state index in [4.69, 9.17) is 4.74 Å². The zero-order chi connectivity index (χ0) is 21.7. The molecule has 0 aromatic rings. The topological polar surface area (TPSA) is 86.3 Å². The molecule has 2 N–H and O–H groups in total. The quantitative estimate of drug-likeness (QED) is 0.218. The third kappa shape index (κ3) is 7.95. The third-order valence-electron chi connectivity index (χ3n) is 5.09. The van der Waals surface area contributed by atoms with E-state index in [2.05, 4.69) is 34.4 Å². The van der Waals surface area contributed by atoms with Crippen molar-refractivity contribution in [3.05, 3.63) is 0 Å². The van der Waals surface area contributed by atoms with E-state index in [-0.39, 0.29) is 55.3 Å². The molecule has 30 heavy (non-hydrogen) atoms. The van der Waals surface area contributed by atoms with Gasteiger partial charge in [0.2, 0.25) is 0 Å². The molecule has 0 amide bonds. The SMILES string of the molecule is CN=C(NCCCN1CC(C)OC(C)C1)NC1CCN(S(=O)(=O)C(F)(F)F)CC1.I. The Morgan fingerprint density at radius 3 is 2.23 bits per heavy atom. The van der Waals surface area contributed by atoms with Crippen LogP contribution >= 0.6 is 24.0 Å². The standard InChI is InChI=1S/C17H32F3N5O3S.HI/c1-13-11-24(12-14(2)28-13)8-4-7-22-16(21-3)23-15-5-9-25(10-6-15)29(26,27)17(18,19)20;/h13-15H,4-12H2,1-3H3,(H2,21,22,23);1H. The maximum atomic E-state index is 12.6. The van der Waals surface area contributed by atoms with Gasteiger partial charge in [0.1, 0.15) is 0 Å². The number of sulfonamides is 1. The molecule has 0 spiro atoms. The van der Waals surface area contributed by atoms with E-state index in [1.165, 1.54) is 0 Å². The number of nitrogens with one attached hydrogen (secondary N) is 2. The molecule has 0 saturated carbocycles. The number of ether oxygens (including phenoxy) is 1. The van der Waals surface area contributed by atoms with Crippen molar-refractivity contribution < 1.29 is 26.3 Å². The Morgan fingerprint density at radius 1 is 1.17 bits per heavy atom. The predicted molar refractivity (Wildman–Crippen MR) is 121 cm³/mol. The fraction of sp³-hybridized carbons (Fsp3) is 0.941. The van der Waals surface area contributed by atoms with E-state index < -0.39 is 15.5 Å². The highest BCUT2D eigenvalue weighted by Gasteiger charge is 2.50. The molecule has 2 unspecified atom stereocenters.